The smallest absolute Gasteiger partial charge is 0.215 e. The lowest BCUT2D eigenvalue weighted by molar-refractivity contribution is -0.116. The molecule has 96 valence electrons. The third kappa shape index (κ3) is 2.97. The van der Waals surface area contributed by atoms with Crippen molar-refractivity contribution in [2.24, 2.45) is 5.73 Å². The van der Waals surface area contributed by atoms with Crippen molar-refractivity contribution in [3.63, 3.8) is 0 Å². The first-order valence-corrected chi connectivity index (χ1v) is 12.6. The van der Waals surface area contributed by atoms with E-state index < -0.39 is 16.1 Å². The van der Waals surface area contributed by atoms with Crippen LogP contribution in [0.25, 0.3) is 0 Å². The van der Waals surface area contributed by atoms with E-state index in [1.807, 2.05) is 0 Å². The Labute approximate surface area is 103 Å². The lowest BCUT2D eigenvalue weighted by Crippen LogP contribution is -2.56. The van der Waals surface area contributed by atoms with Gasteiger partial charge in [0, 0.05) is 5.16 Å². The molecule has 2 nitrogen and oxygen atoms in total. The molecule has 2 N–H and O–H groups in total. The molecule has 1 amide bonds. The zero-order valence-corrected chi connectivity index (χ0v) is 14.2. The standard InChI is InChI=1S/C12H29NOSi2/c1-9(2)15(5,6)12(11(13)14)16(7,8)10(3)4/h9-10,12H,1-8H3,(H2,13,14). The zero-order chi connectivity index (χ0) is 13.3. The van der Waals surface area contributed by atoms with E-state index in [0.29, 0.717) is 11.1 Å². The molecule has 0 aromatic rings. The van der Waals surface area contributed by atoms with Crippen molar-refractivity contribution in [2.75, 3.05) is 0 Å². The van der Waals surface area contributed by atoms with E-state index in [9.17, 15) is 4.79 Å². The van der Waals surface area contributed by atoms with E-state index in [-0.39, 0.29) is 11.1 Å². The molecule has 0 aliphatic carbocycles. The Kier molecular flexibility index (Phi) is 5.01. The summed E-state index contributed by atoms with van der Waals surface area (Å²) in [6, 6.07) is 0. The molecule has 0 unspecified atom stereocenters. The van der Waals surface area contributed by atoms with E-state index in [1.165, 1.54) is 0 Å². The van der Waals surface area contributed by atoms with Crippen molar-refractivity contribution in [2.45, 2.75) is 70.1 Å². The number of carbonyl (C=O) groups is 1. The molecule has 0 bridgehead atoms. The number of rotatable bonds is 5. The van der Waals surface area contributed by atoms with Crippen molar-refractivity contribution in [1.82, 2.24) is 0 Å². The zero-order valence-electron chi connectivity index (χ0n) is 12.2. The summed E-state index contributed by atoms with van der Waals surface area (Å²) in [4.78, 5) is 11.9. The molecule has 0 radical (unpaired) electrons. The minimum Gasteiger partial charge on any atom is -0.370 e. The number of amides is 1. The molecule has 0 rings (SSSR count). The number of nitrogens with two attached hydrogens (primary N) is 1. The van der Waals surface area contributed by atoms with Crippen LogP contribution in [0, 0.1) is 0 Å². The van der Waals surface area contributed by atoms with Gasteiger partial charge in [-0.05, 0) is 0 Å². The number of primary amides is 1. The third-order valence-corrected chi connectivity index (χ3v) is 18.7. The Morgan fingerprint density at radius 2 is 1.12 bits per heavy atom. The quantitative estimate of drug-likeness (QED) is 0.753. The predicted molar refractivity (Wildman–Crippen MR) is 78.1 cm³/mol. The van der Waals surface area contributed by atoms with E-state index in [2.05, 4.69) is 53.9 Å². The molecular formula is C12H29NOSi2. The van der Waals surface area contributed by atoms with Gasteiger partial charge < -0.3 is 5.73 Å². The Balaban J connectivity index is 5.42. The van der Waals surface area contributed by atoms with Gasteiger partial charge in [0.15, 0.2) is 0 Å². The Morgan fingerprint density at radius 3 is 1.25 bits per heavy atom. The van der Waals surface area contributed by atoms with Gasteiger partial charge in [-0.3, -0.25) is 4.79 Å². The van der Waals surface area contributed by atoms with Gasteiger partial charge in [-0.25, -0.2) is 0 Å². The molecular weight excluding hydrogens is 230 g/mol. The highest BCUT2D eigenvalue weighted by atomic mass is 28.4. The Bertz CT molecular complexity index is 240. The fourth-order valence-corrected chi connectivity index (χ4v) is 14.8. The molecule has 0 aliphatic rings. The topological polar surface area (TPSA) is 43.1 Å². The molecule has 0 aromatic carbocycles. The van der Waals surface area contributed by atoms with Crippen LogP contribution < -0.4 is 5.73 Å². The lowest BCUT2D eigenvalue weighted by atomic mass is 10.6. The normalized spacial score (nSPS) is 13.9. The summed E-state index contributed by atoms with van der Waals surface area (Å²) in [5.74, 6) is -0.0456. The van der Waals surface area contributed by atoms with Gasteiger partial charge in [-0.1, -0.05) is 65.0 Å². The van der Waals surface area contributed by atoms with Gasteiger partial charge in [-0.15, -0.1) is 0 Å². The maximum Gasteiger partial charge on any atom is 0.215 e. The van der Waals surface area contributed by atoms with Crippen LogP contribution in [-0.2, 0) is 4.79 Å². The Morgan fingerprint density at radius 1 is 0.875 bits per heavy atom. The van der Waals surface area contributed by atoms with Crippen LogP contribution in [0.2, 0.25) is 42.4 Å². The molecule has 0 aromatic heterocycles. The molecule has 0 saturated heterocycles. The van der Waals surface area contributed by atoms with Crippen LogP contribution in [0.15, 0.2) is 0 Å². The van der Waals surface area contributed by atoms with Crippen molar-refractivity contribution in [1.29, 1.82) is 0 Å². The minimum atomic E-state index is -1.58. The monoisotopic (exact) mass is 259 g/mol. The first-order valence-electron chi connectivity index (χ1n) is 6.25. The molecule has 0 heterocycles. The van der Waals surface area contributed by atoms with Gasteiger partial charge in [0.05, 0.1) is 16.1 Å². The average Bonchev–Trinajstić information content (AvgIpc) is 2.00. The van der Waals surface area contributed by atoms with Gasteiger partial charge in [0.25, 0.3) is 0 Å². The fourth-order valence-electron chi connectivity index (χ4n) is 2.36. The van der Waals surface area contributed by atoms with E-state index >= 15 is 0 Å². The summed E-state index contributed by atoms with van der Waals surface area (Å²) >= 11 is 0. The van der Waals surface area contributed by atoms with Crippen LogP contribution >= 0.6 is 0 Å². The molecule has 0 aliphatic heterocycles. The van der Waals surface area contributed by atoms with Crippen molar-refractivity contribution < 1.29 is 4.79 Å². The highest BCUT2D eigenvalue weighted by Crippen LogP contribution is 2.43. The minimum absolute atomic E-state index is 0.0456. The van der Waals surface area contributed by atoms with Crippen molar-refractivity contribution >= 4 is 22.1 Å². The second kappa shape index (κ2) is 5.04. The third-order valence-electron chi connectivity index (χ3n) is 4.75. The summed E-state index contributed by atoms with van der Waals surface area (Å²) in [5, 5.41) is 0.181. The van der Waals surface area contributed by atoms with Gasteiger partial charge in [-0.2, -0.15) is 0 Å². The van der Waals surface area contributed by atoms with Crippen molar-refractivity contribution in [3.8, 4) is 0 Å². The summed E-state index contributed by atoms with van der Waals surface area (Å²) < 4.78 is 0. The van der Waals surface area contributed by atoms with E-state index in [0.717, 1.165) is 0 Å². The molecule has 0 atom stereocenters. The number of hydrogen-bond acceptors (Lipinski definition) is 1. The summed E-state index contributed by atoms with van der Waals surface area (Å²) in [6.45, 7) is 18.3. The van der Waals surface area contributed by atoms with Crippen LogP contribution in [0.1, 0.15) is 27.7 Å². The summed E-state index contributed by atoms with van der Waals surface area (Å²) in [7, 11) is -3.17. The molecule has 0 saturated carbocycles. The van der Waals surface area contributed by atoms with Crippen molar-refractivity contribution in [3.05, 3.63) is 0 Å². The van der Waals surface area contributed by atoms with E-state index in [1.54, 1.807) is 0 Å². The highest BCUT2D eigenvalue weighted by molar-refractivity contribution is 7.02. The average molecular weight is 260 g/mol. The summed E-state index contributed by atoms with van der Waals surface area (Å²) in [6.07, 6.45) is 0. The van der Waals surface area contributed by atoms with E-state index in [4.69, 9.17) is 5.73 Å². The second-order valence-corrected chi connectivity index (χ2v) is 18.1. The van der Waals surface area contributed by atoms with Gasteiger partial charge in [0.2, 0.25) is 5.91 Å². The largest absolute Gasteiger partial charge is 0.370 e. The van der Waals surface area contributed by atoms with Crippen LogP contribution in [0.5, 0.6) is 0 Å². The fraction of sp³-hybridized carbons (Fsp3) is 0.917. The van der Waals surface area contributed by atoms with Gasteiger partial charge >= 0.3 is 0 Å². The maximum atomic E-state index is 11.9. The highest BCUT2D eigenvalue weighted by Gasteiger charge is 2.49. The molecule has 0 fully saturated rings. The first-order chi connectivity index (χ1) is 6.95. The second-order valence-electron chi connectivity index (χ2n) is 6.79. The SMILES string of the molecule is CC(C)[Si](C)(C)C(C(N)=O)[Si](C)(C)C(C)C. The molecule has 0 spiro atoms. The lowest BCUT2D eigenvalue weighted by Gasteiger charge is -2.44. The molecule has 4 heteroatoms. The maximum absolute atomic E-state index is 11.9. The molecule has 16 heavy (non-hydrogen) atoms. The van der Waals surface area contributed by atoms with Crippen LogP contribution in [-0.4, -0.2) is 22.1 Å². The number of carbonyl (C=O) groups excluding carboxylic acids is 1. The predicted octanol–water partition coefficient (Wildman–Crippen LogP) is 3.62. The first kappa shape index (κ1) is 15.9. The summed E-state index contributed by atoms with van der Waals surface area (Å²) in [5.41, 5.74) is 6.93. The van der Waals surface area contributed by atoms with Gasteiger partial charge in [0.1, 0.15) is 0 Å². The number of hydrogen-bond donors (Lipinski definition) is 1. The van der Waals surface area contributed by atoms with Crippen LogP contribution in [0.3, 0.4) is 0 Å². The Hall–Kier alpha value is -0.0962. The van der Waals surface area contributed by atoms with Crippen LogP contribution in [0.4, 0.5) is 0 Å².